The van der Waals surface area contributed by atoms with Crippen molar-refractivity contribution in [3.8, 4) is 17.0 Å². The Bertz CT molecular complexity index is 1060. The van der Waals surface area contributed by atoms with Crippen LogP contribution in [0.3, 0.4) is 0 Å². The average Bonchev–Trinajstić information content (AvgIpc) is 2.76. The van der Waals surface area contributed by atoms with Crippen molar-refractivity contribution in [1.29, 1.82) is 0 Å². The number of halogens is 3. The number of fused-ring (bicyclic) bond motifs is 3. The van der Waals surface area contributed by atoms with Crippen molar-refractivity contribution in [1.82, 2.24) is 9.97 Å². The van der Waals surface area contributed by atoms with Crippen LogP contribution in [0.1, 0.15) is 63.5 Å². The molecule has 0 aliphatic heterocycles. The predicted molar refractivity (Wildman–Crippen MR) is 124 cm³/mol. The number of rotatable bonds is 6. The standard InChI is InChI=1S/C24H30F3N5O2/c1-23(2)19-20(30-13-31-22(19)29)17-9-8-16(34-15-6-4-14(28)5-7-15)12-18(17)21(23)32-33-11-3-10-24(25,26)27/h8-9,12-15H,3-7,10-11,28H2,1-2H3,(H2,29,30,31)/b32-21+. The van der Waals surface area contributed by atoms with Crippen LogP contribution in [0.25, 0.3) is 11.3 Å². The first kappa shape index (κ1) is 24.3. The highest BCUT2D eigenvalue weighted by Crippen LogP contribution is 2.45. The first-order valence-electron chi connectivity index (χ1n) is 11.5. The second kappa shape index (κ2) is 9.40. The highest BCUT2D eigenvalue weighted by atomic mass is 19.4. The number of nitrogens with two attached hydrogens (primary N) is 2. The minimum absolute atomic E-state index is 0.0821. The Kier molecular flexibility index (Phi) is 6.71. The highest BCUT2D eigenvalue weighted by molar-refractivity contribution is 6.15. The smallest absolute Gasteiger partial charge is 0.389 e. The van der Waals surface area contributed by atoms with Crippen LogP contribution in [0.5, 0.6) is 5.75 Å². The van der Waals surface area contributed by atoms with Crippen LogP contribution in [0, 0.1) is 0 Å². The van der Waals surface area contributed by atoms with Gasteiger partial charge in [-0.2, -0.15) is 13.2 Å². The Hall–Kier alpha value is -2.88. The Labute approximate surface area is 196 Å². The Morgan fingerprint density at radius 3 is 2.56 bits per heavy atom. The van der Waals surface area contributed by atoms with E-state index < -0.39 is 18.0 Å². The van der Waals surface area contributed by atoms with Crippen molar-refractivity contribution < 1.29 is 22.7 Å². The molecule has 1 heterocycles. The first-order chi connectivity index (χ1) is 16.1. The molecular weight excluding hydrogens is 447 g/mol. The maximum atomic E-state index is 12.5. The van der Waals surface area contributed by atoms with E-state index in [0.717, 1.165) is 36.8 Å². The van der Waals surface area contributed by atoms with E-state index in [0.29, 0.717) is 28.5 Å². The lowest BCUT2D eigenvalue weighted by atomic mass is 9.70. The average molecular weight is 478 g/mol. The van der Waals surface area contributed by atoms with Gasteiger partial charge in [-0.05, 0) is 64.2 Å². The fraction of sp³-hybridized carbons (Fsp3) is 0.542. The summed E-state index contributed by atoms with van der Waals surface area (Å²) in [6, 6.07) is 5.90. The van der Waals surface area contributed by atoms with E-state index in [2.05, 4.69) is 15.1 Å². The minimum Gasteiger partial charge on any atom is -0.490 e. The molecule has 0 radical (unpaired) electrons. The number of alkyl halides is 3. The number of nitrogen functional groups attached to an aromatic ring is 1. The monoisotopic (exact) mass is 477 g/mol. The molecule has 0 spiro atoms. The van der Waals surface area contributed by atoms with Gasteiger partial charge < -0.3 is 21.0 Å². The Balaban J connectivity index is 1.67. The summed E-state index contributed by atoms with van der Waals surface area (Å²) in [5.74, 6) is 1.01. The zero-order valence-electron chi connectivity index (χ0n) is 19.4. The Morgan fingerprint density at radius 1 is 1.12 bits per heavy atom. The van der Waals surface area contributed by atoms with Gasteiger partial charge in [0.05, 0.1) is 17.5 Å². The first-order valence-corrected chi connectivity index (χ1v) is 11.5. The molecule has 34 heavy (non-hydrogen) atoms. The van der Waals surface area contributed by atoms with E-state index in [1.807, 2.05) is 32.0 Å². The van der Waals surface area contributed by atoms with Gasteiger partial charge >= 0.3 is 6.18 Å². The van der Waals surface area contributed by atoms with Gasteiger partial charge in [-0.1, -0.05) is 5.16 Å². The topological polar surface area (TPSA) is 109 Å². The van der Waals surface area contributed by atoms with Crippen molar-refractivity contribution in [3.05, 3.63) is 35.7 Å². The predicted octanol–water partition coefficient (Wildman–Crippen LogP) is 4.73. The molecule has 184 valence electrons. The largest absolute Gasteiger partial charge is 0.490 e. The normalized spacial score (nSPS) is 22.7. The molecule has 1 fully saturated rings. The summed E-state index contributed by atoms with van der Waals surface area (Å²) in [4.78, 5) is 14.0. The number of oxime groups is 1. The van der Waals surface area contributed by atoms with E-state index in [-0.39, 0.29) is 25.2 Å². The number of nitrogens with zero attached hydrogens (tertiary/aromatic N) is 3. The molecule has 1 aromatic heterocycles. The van der Waals surface area contributed by atoms with Gasteiger partial charge in [0, 0.05) is 34.6 Å². The number of benzene rings is 1. The second-order valence-corrected chi connectivity index (χ2v) is 9.46. The molecule has 2 aliphatic rings. The molecule has 4 N–H and O–H groups in total. The number of anilines is 1. The molecule has 2 aliphatic carbocycles. The number of hydrogen-bond donors (Lipinski definition) is 2. The van der Waals surface area contributed by atoms with Gasteiger partial charge in [0.2, 0.25) is 0 Å². The maximum absolute atomic E-state index is 12.5. The lowest BCUT2D eigenvalue weighted by Gasteiger charge is -2.35. The van der Waals surface area contributed by atoms with Gasteiger partial charge in [0.1, 0.15) is 24.5 Å². The van der Waals surface area contributed by atoms with Gasteiger partial charge in [0.25, 0.3) is 0 Å². The zero-order valence-corrected chi connectivity index (χ0v) is 19.4. The second-order valence-electron chi connectivity index (χ2n) is 9.46. The summed E-state index contributed by atoms with van der Waals surface area (Å²) < 4.78 is 43.7. The van der Waals surface area contributed by atoms with Crippen molar-refractivity contribution in [2.75, 3.05) is 12.3 Å². The van der Waals surface area contributed by atoms with Crippen LogP contribution in [0.4, 0.5) is 19.0 Å². The summed E-state index contributed by atoms with van der Waals surface area (Å²) in [6.07, 6.45) is -0.215. The summed E-state index contributed by atoms with van der Waals surface area (Å²) >= 11 is 0. The van der Waals surface area contributed by atoms with E-state index in [4.69, 9.17) is 21.0 Å². The van der Waals surface area contributed by atoms with Crippen molar-refractivity contribution in [3.63, 3.8) is 0 Å². The molecule has 7 nitrogen and oxygen atoms in total. The molecule has 0 amide bonds. The minimum atomic E-state index is -4.23. The van der Waals surface area contributed by atoms with Crippen LogP contribution in [0.2, 0.25) is 0 Å². The third kappa shape index (κ3) is 5.11. The quantitative estimate of drug-likeness (QED) is 0.460. The van der Waals surface area contributed by atoms with Gasteiger partial charge in [0.15, 0.2) is 0 Å². The molecule has 1 aromatic carbocycles. The molecule has 0 bridgehead atoms. The Morgan fingerprint density at radius 2 is 1.85 bits per heavy atom. The van der Waals surface area contributed by atoms with Gasteiger partial charge in [-0.25, -0.2) is 9.97 Å². The lowest BCUT2D eigenvalue weighted by molar-refractivity contribution is -0.137. The van der Waals surface area contributed by atoms with Gasteiger partial charge in [-0.3, -0.25) is 0 Å². The zero-order chi connectivity index (χ0) is 24.5. The molecule has 2 aromatic rings. The molecule has 0 saturated heterocycles. The lowest BCUT2D eigenvalue weighted by Crippen LogP contribution is -2.36. The highest BCUT2D eigenvalue weighted by Gasteiger charge is 2.41. The van der Waals surface area contributed by atoms with Crippen LogP contribution in [0.15, 0.2) is 29.7 Å². The fourth-order valence-electron chi connectivity index (χ4n) is 4.68. The van der Waals surface area contributed by atoms with Crippen LogP contribution < -0.4 is 16.2 Å². The van der Waals surface area contributed by atoms with Crippen LogP contribution in [-0.4, -0.2) is 40.6 Å². The van der Waals surface area contributed by atoms with Crippen molar-refractivity contribution >= 4 is 11.5 Å². The third-order valence-corrected chi connectivity index (χ3v) is 6.47. The summed E-state index contributed by atoms with van der Waals surface area (Å²) in [7, 11) is 0. The summed E-state index contributed by atoms with van der Waals surface area (Å²) in [5, 5.41) is 4.30. The summed E-state index contributed by atoms with van der Waals surface area (Å²) in [6.45, 7) is 3.69. The van der Waals surface area contributed by atoms with E-state index in [1.165, 1.54) is 6.33 Å². The number of aromatic nitrogens is 2. The van der Waals surface area contributed by atoms with Crippen LogP contribution >= 0.6 is 0 Å². The molecular formula is C24H30F3N5O2. The van der Waals surface area contributed by atoms with E-state index in [1.54, 1.807) is 0 Å². The molecule has 1 saturated carbocycles. The molecule has 0 atom stereocenters. The molecule has 10 heteroatoms. The van der Waals surface area contributed by atoms with Crippen LogP contribution in [-0.2, 0) is 10.3 Å². The molecule has 4 rings (SSSR count). The van der Waals surface area contributed by atoms with E-state index >= 15 is 0 Å². The SMILES string of the molecule is CC1(C)/C(=N/OCCCC(F)(F)F)c2cc(OC3CCC(N)CC3)ccc2-c2ncnc(N)c21. The third-order valence-electron chi connectivity index (χ3n) is 6.47. The van der Waals surface area contributed by atoms with Gasteiger partial charge in [-0.15, -0.1) is 0 Å². The summed E-state index contributed by atoms with van der Waals surface area (Å²) in [5.41, 5.74) is 15.0. The molecule has 0 unspecified atom stereocenters. The van der Waals surface area contributed by atoms with Crippen molar-refractivity contribution in [2.24, 2.45) is 10.9 Å². The fourth-order valence-corrected chi connectivity index (χ4v) is 4.68. The van der Waals surface area contributed by atoms with Crippen molar-refractivity contribution in [2.45, 2.75) is 76.1 Å². The number of ether oxygens (including phenoxy) is 1. The number of hydrogen-bond acceptors (Lipinski definition) is 7. The van der Waals surface area contributed by atoms with E-state index in [9.17, 15) is 13.2 Å². The maximum Gasteiger partial charge on any atom is 0.389 e.